The number of thioether (sulfide) groups is 1. The van der Waals surface area contributed by atoms with E-state index in [1.807, 2.05) is 12.2 Å². The molecule has 0 radical (unpaired) electrons. The van der Waals surface area contributed by atoms with Crippen LogP contribution in [0.5, 0.6) is 0 Å². The molecule has 66 valence electrons. The lowest BCUT2D eigenvalue weighted by atomic mass is 10.3. The van der Waals surface area contributed by atoms with Gasteiger partial charge in [-0.1, -0.05) is 49.5 Å². The molecule has 1 fully saturated rings. The van der Waals surface area contributed by atoms with Crippen LogP contribution in [0.4, 0.5) is 0 Å². The topological polar surface area (TPSA) is 29.1 Å². The van der Waals surface area contributed by atoms with Crippen molar-refractivity contribution in [2.75, 3.05) is 0 Å². The van der Waals surface area contributed by atoms with E-state index in [9.17, 15) is 4.79 Å². The van der Waals surface area contributed by atoms with Gasteiger partial charge in [0.15, 0.2) is 0 Å². The number of unbranched alkanes of at least 4 members (excludes halogenated alkanes) is 1. The molecule has 1 aliphatic rings. The smallest absolute Gasteiger partial charge is 0.242 e. The van der Waals surface area contributed by atoms with E-state index in [0.29, 0.717) is 4.32 Å². The molecule has 1 rings (SSSR count). The molecule has 0 bridgehead atoms. The van der Waals surface area contributed by atoms with Crippen molar-refractivity contribution in [2.24, 2.45) is 0 Å². The van der Waals surface area contributed by atoms with Gasteiger partial charge in [-0.2, -0.15) is 0 Å². The van der Waals surface area contributed by atoms with Gasteiger partial charge >= 0.3 is 0 Å². The highest BCUT2D eigenvalue weighted by molar-refractivity contribution is 8.24. The molecule has 1 amide bonds. The molecule has 2 nitrogen and oxygen atoms in total. The molecule has 0 aromatic rings. The summed E-state index contributed by atoms with van der Waals surface area (Å²) in [6.07, 6.45) is 6.09. The second-order valence-corrected chi connectivity index (χ2v) is 4.35. The van der Waals surface area contributed by atoms with Crippen LogP contribution in [-0.4, -0.2) is 15.5 Å². The van der Waals surface area contributed by atoms with E-state index in [0.717, 1.165) is 12.8 Å². The van der Waals surface area contributed by atoms with Crippen LogP contribution in [0.3, 0.4) is 0 Å². The highest BCUT2D eigenvalue weighted by Gasteiger charge is 2.25. The molecule has 4 heteroatoms. The summed E-state index contributed by atoms with van der Waals surface area (Å²) in [7, 11) is 0. The fraction of sp³-hybridized carbons (Fsp3) is 0.500. The first-order valence-electron chi connectivity index (χ1n) is 3.92. The summed E-state index contributed by atoms with van der Waals surface area (Å²) in [6, 6.07) is 0. The van der Waals surface area contributed by atoms with Crippen LogP contribution < -0.4 is 5.32 Å². The van der Waals surface area contributed by atoms with Gasteiger partial charge in [-0.25, -0.2) is 0 Å². The van der Waals surface area contributed by atoms with Crippen molar-refractivity contribution in [2.45, 2.75) is 25.0 Å². The van der Waals surface area contributed by atoms with Gasteiger partial charge in [0.1, 0.15) is 9.57 Å². The van der Waals surface area contributed by atoms with Crippen LogP contribution >= 0.6 is 24.0 Å². The van der Waals surface area contributed by atoms with Gasteiger partial charge in [0, 0.05) is 0 Å². The van der Waals surface area contributed by atoms with Crippen LogP contribution in [0.15, 0.2) is 12.2 Å². The van der Waals surface area contributed by atoms with Crippen molar-refractivity contribution in [1.29, 1.82) is 0 Å². The molecule has 1 N–H and O–H groups in total. The molecule has 0 spiro atoms. The van der Waals surface area contributed by atoms with E-state index in [1.54, 1.807) is 0 Å². The maximum atomic E-state index is 11.1. The third kappa shape index (κ3) is 2.60. The Bertz CT molecular complexity index is 225. The van der Waals surface area contributed by atoms with Crippen molar-refractivity contribution in [1.82, 2.24) is 5.32 Å². The second-order valence-electron chi connectivity index (χ2n) is 2.53. The first kappa shape index (κ1) is 9.74. The Labute approximate surface area is 81.8 Å². The van der Waals surface area contributed by atoms with Gasteiger partial charge in [-0.15, -0.1) is 0 Å². The molecular formula is C8H11NOS2. The number of rotatable bonds is 3. The number of hydrogen-bond acceptors (Lipinski definition) is 3. The third-order valence-corrected chi connectivity index (χ3v) is 2.82. The minimum atomic E-state index is -0.0935. The molecule has 1 unspecified atom stereocenters. The zero-order chi connectivity index (χ0) is 8.97. The highest BCUT2D eigenvalue weighted by Crippen LogP contribution is 2.20. The van der Waals surface area contributed by atoms with Crippen LogP contribution in [0, 0.1) is 0 Å². The van der Waals surface area contributed by atoms with E-state index >= 15 is 0 Å². The summed E-state index contributed by atoms with van der Waals surface area (Å²) >= 11 is 6.26. The molecule has 12 heavy (non-hydrogen) atoms. The Morgan fingerprint density at radius 2 is 2.50 bits per heavy atom. The highest BCUT2D eigenvalue weighted by atomic mass is 32.2. The first-order valence-corrected chi connectivity index (χ1v) is 5.21. The van der Waals surface area contributed by atoms with Crippen molar-refractivity contribution in [3.63, 3.8) is 0 Å². The van der Waals surface area contributed by atoms with Gasteiger partial charge in [0.2, 0.25) is 5.91 Å². The van der Waals surface area contributed by atoms with E-state index in [2.05, 4.69) is 12.2 Å². The predicted octanol–water partition coefficient (Wildman–Crippen LogP) is 1.86. The van der Waals surface area contributed by atoms with Gasteiger partial charge < -0.3 is 5.32 Å². The number of carbonyl (C=O) groups excluding carboxylic acids is 1. The largest absolute Gasteiger partial charge is 0.310 e. The summed E-state index contributed by atoms with van der Waals surface area (Å²) in [4.78, 5) is 11.1. The SMILES string of the molecule is CCC/C=C\C1SC(=S)NC1=O. The van der Waals surface area contributed by atoms with Crippen molar-refractivity contribution in [3.05, 3.63) is 12.2 Å². The van der Waals surface area contributed by atoms with Gasteiger partial charge in [0.25, 0.3) is 0 Å². The maximum Gasteiger partial charge on any atom is 0.242 e. The maximum absolute atomic E-state index is 11.1. The van der Waals surface area contributed by atoms with Gasteiger partial charge in [-0.05, 0) is 6.42 Å². The Balaban J connectivity index is 2.42. The average molecular weight is 201 g/mol. The molecular weight excluding hydrogens is 190 g/mol. The molecule has 1 saturated heterocycles. The normalized spacial score (nSPS) is 23.6. The summed E-state index contributed by atoms with van der Waals surface area (Å²) in [5, 5.41) is 2.50. The number of carbonyl (C=O) groups is 1. The van der Waals surface area contributed by atoms with Crippen LogP contribution in [0.25, 0.3) is 0 Å². The summed E-state index contributed by atoms with van der Waals surface area (Å²) in [5.41, 5.74) is 0. The van der Waals surface area contributed by atoms with Gasteiger partial charge in [-0.3, -0.25) is 4.79 Å². The first-order chi connectivity index (χ1) is 5.74. The fourth-order valence-corrected chi connectivity index (χ4v) is 2.04. The number of allylic oxidation sites excluding steroid dienone is 1. The Hall–Kier alpha value is -0.350. The molecule has 1 aliphatic heterocycles. The van der Waals surface area contributed by atoms with Crippen molar-refractivity contribution < 1.29 is 4.79 Å². The van der Waals surface area contributed by atoms with Crippen molar-refractivity contribution in [3.8, 4) is 0 Å². The van der Waals surface area contributed by atoms with E-state index in [4.69, 9.17) is 12.2 Å². The molecule has 1 atom stereocenters. The Morgan fingerprint density at radius 3 is 3.00 bits per heavy atom. The quantitative estimate of drug-likeness (QED) is 0.558. The monoisotopic (exact) mass is 201 g/mol. The lowest BCUT2D eigenvalue weighted by molar-refractivity contribution is -0.118. The molecule has 0 aliphatic carbocycles. The lowest BCUT2D eigenvalue weighted by Gasteiger charge is -1.94. The minimum absolute atomic E-state index is 0.0114. The van der Waals surface area contributed by atoms with E-state index in [1.165, 1.54) is 11.8 Å². The fourth-order valence-electron chi connectivity index (χ4n) is 0.883. The third-order valence-electron chi connectivity index (χ3n) is 1.48. The molecule has 0 saturated carbocycles. The predicted molar refractivity (Wildman–Crippen MR) is 56.2 cm³/mol. The zero-order valence-electron chi connectivity index (χ0n) is 6.87. The summed E-state index contributed by atoms with van der Waals surface area (Å²) < 4.78 is 0.589. The zero-order valence-corrected chi connectivity index (χ0v) is 8.50. The van der Waals surface area contributed by atoms with Crippen LogP contribution in [0.1, 0.15) is 19.8 Å². The van der Waals surface area contributed by atoms with Crippen LogP contribution in [0.2, 0.25) is 0 Å². The van der Waals surface area contributed by atoms with Gasteiger partial charge in [0.05, 0.1) is 0 Å². The lowest BCUT2D eigenvalue weighted by Crippen LogP contribution is -2.22. The molecule has 0 aromatic carbocycles. The average Bonchev–Trinajstić information content (AvgIpc) is 2.31. The Morgan fingerprint density at radius 1 is 1.75 bits per heavy atom. The second kappa shape index (κ2) is 4.62. The Kier molecular flexibility index (Phi) is 3.75. The molecule has 1 heterocycles. The molecule has 0 aromatic heterocycles. The van der Waals surface area contributed by atoms with E-state index < -0.39 is 0 Å². The van der Waals surface area contributed by atoms with E-state index in [-0.39, 0.29) is 11.2 Å². The summed E-state index contributed by atoms with van der Waals surface area (Å²) in [5.74, 6) is 0.0114. The minimum Gasteiger partial charge on any atom is -0.310 e. The number of amides is 1. The van der Waals surface area contributed by atoms with Crippen molar-refractivity contribution >= 4 is 34.2 Å². The van der Waals surface area contributed by atoms with Crippen LogP contribution in [-0.2, 0) is 4.79 Å². The number of nitrogens with one attached hydrogen (secondary N) is 1. The summed E-state index contributed by atoms with van der Waals surface area (Å²) in [6.45, 7) is 2.11. The number of thiocarbonyl (C=S) groups is 1. The standard InChI is InChI=1S/C8H11NOS2/c1-2-3-4-5-6-7(10)9-8(11)12-6/h4-6H,2-3H2,1H3,(H,9,10,11)/b5-4-. The number of hydrogen-bond donors (Lipinski definition) is 1.